The number of hydrogen-bond acceptors (Lipinski definition) is 9. The molecule has 4 aromatic rings. The molecule has 11 nitrogen and oxygen atoms in total. The minimum absolute atomic E-state index is 0.0454. The molecule has 13 heteroatoms. The number of hydrogen-bond donors (Lipinski definition) is 1. The highest BCUT2D eigenvalue weighted by molar-refractivity contribution is 6.34. The van der Waals surface area contributed by atoms with E-state index in [0.717, 1.165) is 38.3 Å². The molecule has 0 amide bonds. The Balaban J connectivity index is 1.35. The van der Waals surface area contributed by atoms with Gasteiger partial charge in [-0.15, -0.1) is 0 Å². The summed E-state index contributed by atoms with van der Waals surface area (Å²) in [5.74, 6) is 0.280. The maximum atomic E-state index is 13.3. The minimum Gasteiger partial charge on any atom is -0.495 e. The zero-order chi connectivity index (χ0) is 31.1. The minimum atomic E-state index is -1.31. The van der Waals surface area contributed by atoms with Crippen molar-refractivity contribution < 1.29 is 19.4 Å². The maximum Gasteiger partial charge on any atom is 0.341 e. The van der Waals surface area contributed by atoms with Crippen molar-refractivity contribution in [2.75, 3.05) is 57.2 Å². The number of carbonyl (C=O) groups is 1. The first kappa shape index (κ1) is 30.0. The molecule has 1 aromatic carbocycles. The summed E-state index contributed by atoms with van der Waals surface area (Å²) in [7, 11) is 5.65. The summed E-state index contributed by atoms with van der Waals surface area (Å²) in [6.45, 7) is 2.78. The molecule has 0 radical (unpaired) electrons. The molecular weight excluding hydrogens is 607 g/mol. The van der Waals surface area contributed by atoms with E-state index < -0.39 is 11.4 Å². The molecule has 2 aliphatic rings. The van der Waals surface area contributed by atoms with Gasteiger partial charge in [-0.3, -0.25) is 4.79 Å². The Morgan fingerprint density at radius 3 is 2.64 bits per heavy atom. The van der Waals surface area contributed by atoms with Crippen LogP contribution in [0, 0.1) is 0 Å². The fraction of sp³-hybridized carbons (Fsp3) is 0.355. The molecule has 0 bridgehead atoms. The molecule has 2 aliphatic heterocycles. The topological polar surface area (TPSA) is 113 Å². The molecule has 2 saturated heterocycles. The summed E-state index contributed by atoms with van der Waals surface area (Å²) in [5.41, 5.74) is 0.911. The highest BCUT2D eigenvalue weighted by atomic mass is 35.5. The second kappa shape index (κ2) is 12.1. The van der Waals surface area contributed by atoms with Gasteiger partial charge < -0.3 is 33.8 Å². The Labute approximate surface area is 264 Å². The zero-order valence-electron chi connectivity index (χ0n) is 24.5. The first-order chi connectivity index (χ1) is 21.2. The van der Waals surface area contributed by atoms with Gasteiger partial charge in [-0.05, 0) is 51.2 Å². The van der Waals surface area contributed by atoms with Crippen molar-refractivity contribution in [2.24, 2.45) is 0 Å². The van der Waals surface area contributed by atoms with E-state index in [2.05, 4.69) is 38.8 Å². The number of nitrogens with zero attached hydrogens (tertiary/aromatic N) is 6. The van der Waals surface area contributed by atoms with E-state index in [1.54, 1.807) is 29.1 Å². The number of benzene rings is 1. The number of rotatable bonds is 9. The van der Waals surface area contributed by atoms with Crippen LogP contribution in [0.5, 0.6) is 11.6 Å². The normalized spacial score (nSPS) is 16.9. The van der Waals surface area contributed by atoms with E-state index in [-0.39, 0.29) is 22.9 Å². The molecule has 3 aromatic heterocycles. The number of ether oxygens (including phenoxy) is 2. The highest BCUT2D eigenvalue weighted by Gasteiger charge is 2.30. The van der Waals surface area contributed by atoms with Crippen LogP contribution in [0.25, 0.3) is 16.6 Å². The number of pyridine rings is 3. The van der Waals surface area contributed by atoms with Crippen LogP contribution in [-0.4, -0.2) is 90.0 Å². The van der Waals surface area contributed by atoms with Crippen LogP contribution in [0.3, 0.4) is 0 Å². The lowest BCUT2D eigenvalue weighted by Gasteiger charge is -2.43. The third-order valence-electron chi connectivity index (χ3n) is 8.37. The van der Waals surface area contributed by atoms with E-state index in [0.29, 0.717) is 45.3 Å². The molecular formula is C31H32Cl2N6O5. The van der Waals surface area contributed by atoms with Crippen LogP contribution in [-0.2, 0) is 0 Å². The third kappa shape index (κ3) is 5.51. The molecule has 5 heterocycles. The van der Waals surface area contributed by atoms with Gasteiger partial charge in [-0.2, -0.15) is 0 Å². The second-order valence-corrected chi connectivity index (χ2v) is 12.0. The number of halogens is 2. The van der Waals surface area contributed by atoms with Crippen LogP contribution < -0.4 is 24.7 Å². The monoisotopic (exact) mass is 638 g/mol. The van der Waals surface area contributed by atoms with Gasteiger partial charge in [-0.1, -0.05) is 23.2 Å². The molecule has 0 spiro atoms. The number of fused-ring (bicyclic) bond motifs is 1. The van der Waals surface area contributed by atoms with E-state index >= 15 is 0 Å². The van der Waals surface area contributed by atoms with Crippen molar-refractivity contribution in [2.45, 2.75) is 24.9 Å². The Bertz CT molecular complexity index is 1770. The lowest BCUT2D eigenvalue weighted by atomic mass is 10.1. The van der Waals surface area contributed by atoms with Gasteiger partial charge in [0.15, 0.2) is 0 Å². The number of likely N-dealkylation sites (N-methyl/N-ethyl adjacent to an activating group) is 1. The predicted molar refractivity (Wildman–Crippen MR) is 171 cm³/mol. The number of carboxylic acid groups (broad SMARTS) is 1. The summed E-state index contributed by atoms with van der Waals surface area (Å²) in [6, 6.07) is 9.28. The Hall–Kier alpha value is -4.06. The maximum absolute atomic E-state index is 13.3. The molecule has 0 unspecified atom stereocenters. The van der Waals surface area contributed by atoms with E-state index in [9.17, 15) is 14.7 Å². The van der Waals surface area contributed by atoms with Gasteiger partial charge in [0.25, 0.3) is 0 Å². The van der Waals surface area contributed by atoms with Crippen LogP contribution in [0.1, 0.15) is 23.2 Å². The van der Waals surface area contributed by atoms with Crippen LogP contribution >= 0.6 is 23.2 Å². The van der Waals surface area contributed by atoms with Gasteiger partial charge in [0.1, 0.15) is 28.8 Å². The quantitative estimate of drug-likeness (QED) is 0.279. The lowest BCUT2D eigenvalue weighted by molar-refractivity contribution is 0.0695. The number of aromatic nitrogens is 3. The third-order valence-corrected chi connectivity index (χ3v) is 9.02. The van der Waals surface area contributed by atoms with Crippen molar-refractivity contribution in [3.8, 4) is 17.3 Å². The summed E-state index contributed by atoms with van der Waals surface area (Å²) in [6.07, 6.45) is 6.37. The predicted octanol–water partition coefficient (Wildman–Crippen LogP) is 4.59. The fourth-order valence-electron chi connectivity index (χ4n) is 5.76. The molecule has 0 aliphatic carbocycles. The Morgan fingerprint density at radius 1 is 1.16 bits per heavy atom. The van der Waals surface area contributed by atoms with Crippen molar-refractivity contribution in [1.29, 1.82) is 0 Å². The summed E-state index contributed by atoms with van der Waals surface area (Å²) < 4.78 is 13.0. The fourth-order valence-corrected chi connectivity index (χ4v) is 6.28. The number of anilines is 2. The summed E-state index contributed by atoms with van der Waals surface area (Å²) in [5, 5.41) is 10.7. The number of aromatic carboxylic acids is 1. The molecule has 6 rings (SSSR count). The zero-order valence-corrected chi connectivity index (χ0v) is 26.0. The Kier molecular flexibility index (Phi) is 8.28. The van der Waals surface area contributed by atoms with E-state index in [1.807, 2.05) is 18.2 Å². The SMILES string of the molecule is COc1ccnc(OC[C@H]2CCCN2c2cc3c(cc2Cl)c(=O)c(C(=O)O)cn3-c2ccc(N3CC(N(C)C)C3)nc2)c1Cl. The standard InChI is InChI=1S/C31H32Cl2N6O5/c1-36(2)20-14-37(15-20)27-7-6-18(13-35-27)39-16-22(31(41)42)29(40)21-11-23(32)25(12-24(21)39)38-10-4-5-19(38)17-44-30-28(33)26(43-3)8-9-34-30/h6-9,11-13,16,19-20H,4-5,10,14-15,17H2,1-3H3,(H,41,42)/t19-/m1/s1. The molecule has 1 atom stereocenters. The van der Waals surface area contributed by atoms with Crippen molar-refractivity contribution in [3.05, 3.63) is 74.8 Å². The van der Waals surface area contributed by atoms with E-state index in [1.165, 1.54) is 13.3 Å². The number of carboxylic acids is 1. The average Bonchev–Trinajstić information content (AvgIpc) is 3.44. The van der Waals surface area contributed by atoms with Gasteiger partial charge >= 0.3 is 5.97 Å². The first-order valence-electron chi connectivity index (χ1n) is 14.2. The summed E-state index contributed by atoms with van der Waals surface area (Å²) >= 11 is 13.2. The number of methoxy groups -OCH3 is 1. The van der Waals surface area contributed by atoms with Crippen LogP contribution in [0.15, 0.2) is 53.7 Å². The van der Waals surface area contributed by atoms with E-state index in [4.69, 9.17) is 32.7 Å². The molecule has 230 valence electrons. The molecule has 0 saturated carbocycles. The van der Waals surface area contributed by atoms with Crippen molar-refractivity contribution >= 4 is 51.6 Å². The van der Waals surface area contributed by atoms with Gasteiger partial charge in [-0.25, -0.2) is 14.8 Å². The van der Waals surface area contributed by atoms with Crippen molar-refractivity contribution in [1.82, 2.24) is 19.4 Å². The van der Waals surface area contributed by atoms with Gasteiger partial charge in [0.2, 0.25) is 11.3 Å². The lowest BCUT2D eigenvalue weighted by Crippen LogP contribution is -2.57. The van der Waals surface area contributed by atoms with Gasteiger partial charge in [0, 0.05) is 49.5 Å². The smallest absolute Gasteiger partial charge is 0.341 e. The summed E-state index contributed by atoms with van der Waals surface area (Å²) in [4.78, 5) is 40.8. The Morgan fingerprint density at radius 2 is 1.95 bits per heavy atom. The molecule has 44 heavy (non-hydrogen) atoms. The first-order valence-corrected chi connectivity index (χ1v) is 15.0. The van der Waals surface area contributed by atoms with Crippen LogP contribution in [0.4, 0.5) is 11.5 Å². The highest BCUT2D eigenvalue weighted by Crippen LogP contribution is 2.37. The molecule has 1 N–H and O–H groups in total. The molecule has 2 fully saturated rings. The van der Waals surface area contributed by atoms with Gasteiger partial charge in [0.05, 0.1) is 41.3 Å². The second-order valence-electron chi connectivity index (χ2n) is 11.2. The largest absolute Gasteiger partial charge is 0.495 e. The van der Waals surface area contributed by atoms with Crippen LogP contribution in [0.2, 0.25) is 10.0 Å². The average molecular weight is 640 g/mol. The van der Waals surface area contributed by atoms with Crippen molar-refractivity contribution in [3.63, 3.8) is 0 Å².